The Labute approximate surface area is 129 Å². The fourth-order valence-corrected chi connectivity index (χ4v) is 3.09. The van der Waals surface area contributed by atoms with Crippen LogP contribution in [-0.4, -0.2) is 24.8 Å². The first kappa shape index (κ1) is 12.5. The number of aromatic nitrogens is 5. The predicted octanol–water partition coefficient (Wildman–Crippen LogP) is 3.65. The van der Waals surface area contributed by atoms with Crippen molar-refractivity contribution >= 4 is 32.5 Å². The van der Waals surface area contributed by atoms with Gasteiger partial charge in [-0.15, -0.1) is 0 Å². The summed E-state index contributed by atoms with van der Waals surface area (Å²) in [7, 11) is 0. The van der Waals surface area contributed by atoms with Crippen LogP contribution in [0.2, 0.25) is 0 Å². The van der Waals surface area contributed by atoms with E-state index in [1.807, 2.05) is 17.6 Å². The summed E-state index contributed by atoms with van der Waals surface area (Å²) in [6.45, 7) is 4.15. The third kappa shape index (κ3) is 1.86. The van der Waals surface area contributed by atoms with Crippen molar-refractivity contribution in [2.75, 3.05) is 0 Å². The second-order valence-corrected chi connectivity index (χ2v) is 5.95. The minimum Gasteiger partial charge on any atom is -0.270 e. The molecule has 5 nitrogen and oxygen atoms in total. The van der Waals surface area contributed by atoms with E-state index in [-0.39, 0.29) is 0 Å². The van der Waals surface area contributed by atoms with Gasteiger partial charge in [0.05, 0.1) is 5.52 Å². The summed E-state index contributed by atoms with van der Waals surface area (Å²) >= 11 is 3.48. The monoisotopic (exact) mass is 341 g/mol. The van der Waals surface area contributed by atoms with Gasteiger partial charge in [0, 0.05) is 17.1 Å². The molecule has 0 radical (unpaired) electrons. The molecule has 1 N–H and O–H groups in total. The van der Waals surface area contributed by atoms with Crippen molar-refractivity contribution in [3.05, 3.63) is 46.5 Å². The van der Waals surface area contributed by atoms with Gasteiger partial charge in [-0.25, -0.2) is 9.50 Å². The molecule has 0 aliphatic heterocycles. The Morgan fingerprint density at radius 3 is 2.86 bits per heavy atom. The first-order chi connectivity index (χ1) is 10.1. The molecule has 0 atom stereocenters. The molecule has 0 spiro atoms. The summed E-state index contributed by atoms with van der Waals surface area (Å²) in [5.41, 5.74) is 6.40. The van der Waals surface area contributed by atoms with Crippen molar-refractivity contribution < 1.29 is 0 Å². The number of nitrogens with zero attached hydrogens (tertiary/aromatic N) is 4. The Morgan fingerprint density at radius 2 is 2.00 bits per heavy atom. The first-order valence-electron chi connectivity index (χ1n) is 6.58. The van der Waals surface area contributed by atoms with E-state index in [1.54, 1.807) is 6.33 Å². The highest BCUT2D eigenvalue weighted by Gasteiger charge is 2.11. The van der Waals surface area contributed by atoms with Gasteiger partial charge in [-0.05, 0) is 64.7 Å². The molecule has 0 unspecified atom stereocenters. The topological polar surface area (TPSA) is 58.9 Å². The molecule has 104 valence electrons. The normalized spacial score (nSPS) is 11.6. The van der Waals surface area contributed by atoms with Crippen LogP contribution in [0.1, 0.15) is 11.1 Å². The lowest BCUT2D eigenvalue weighted by atomic mass is 9.99. The van der Waals surface area contributed by atoms with Crippen LogP contribution >= 0.6 is 15.9 Å². The summed E-state index contributed by atoms with van der Waals surface area (Å²) < 4.78 is 2.73. The van der Waals surface area contributed by atoms with Gasteiger partial charge in [0.15, 0.2) is 5.65 Å². The number of halogens is 1. The smallest absolute Gasteiger partial charge is 0.158 e. The highest BCUT2D eigenvalue weighted by molar-refractivity contribution is 9.10. The summed E-state index contributed by atoms with van der Waals surface area (Å²) in [6, 6.07) is 6.38. The third-order valence-electron chi connectivity index (χ3n) is 3.72. The maximum absolute atomic E-state index is 4.31. The standard InChI is InChI=1S/C15H12BrN5/c1-8-4-12-13(19-20-14(12)16)5-11(8)10-3-9(2)15-17-7-18-21(15)6-10/h3-7H,1-2H3,(H,19,20). The van der Waals surface area contributed by atoms with Gasteiger partial charge in [0.25, 0.3) is 0 Å². The maximum atomic E-state index is 4.31. The highest BCUT2D eigenvalue weighted by atomic mass is 79.9. The Balaban J connectivity index is 2.00. The Hall–Kier alpha value is -2.21. The molecular weight excluding hydrogens is 330 g/mol. The molecule has 0 saturated heterocycles. The first-order valence-corrected chi connectivity index (χ1v) is 7.37. The van der Waals surface area contributed by atoms with Crippen LogP contribution in [0.4, 0.5) is 0 Å². The fourth-order valence-electron chi connectivity index (χ4n) is 2.69. The van der Waals surface area contributed by atoms with E-state index in [9.17, 15) is 0 Å². The molecule has 0 fully saturated rings. The second kappa shape index (κ2) is 4.39. The van der Waals surface area contributed by atoms with Gasteiger partial charge in [-0.2, -0.15) is 10.2 Å². The molecule has 0 bridgehead atoms. The van der Waals surface area contributed by atoms with Crippen molar-refractivity contribution in [1.29, 1.82) is 0 Å². The Bertz CT molecular complexity index is 982. The minimum absolute atomic E-state index is 0.889. The van der Waals surface area contributed by atoms with Crippen LogP contribution in [0.3, 0.4) is 0 Å². The number of fused-ring (bicyclic) bond motifs is 2. The average molecular weight is 342 g/mol. The van der Waals surface area contributed by atoms with Crippen LogP contribution < -0.4 is 0 Å². The molecule has 3 aromatic heterocycles. The average Bonchev–Trinajstić information content (AvgIpc) is 3.06. The molecule has 4 aromatic rings. The number of hydrogen-bond donors (Lipinski definition) is 1. The zero-order valence-corrected chi connectivity index (χ0v) is 13.1. The number of pyridine rings is 1. The quantitative estimate of drug-likeness (QED) is 0.574. The van der Waals surface area contributed by atoms with Crippen LogP contribution in [0.15, 0.2) is 35.3 Å². The van der Waals surface area contributed by atoms with Gasteiger partial charge >= 0.3 is 0 Å². The van der Waals surface area contributed by atoms with Crippen LogP contribution in [0.5, 0.6) is 0 Å². The Kier molecular flexibility index (Phi) is 2.62. The van der Waals surface area contributed by atoms with E-state index in [0.29, 0.717) is 0 Å². The Morgan fingerprint density at radius 1 is 1.14 bits per heavy atom. The largest absolute Gasteiger partial charge is 0.270 e. The highest BCUT2D eigenvalue weighted by Crippen LogP contribution is 2.31. The number of benzene rings is 1. The van der Waals surface area contributed by atoms with E-state index in [0.717, 1.165) is 37.8 Å². The number of nitrogens with one attached hydrogen (secondary N) is 1. The number of aryl methyl sites for hydroxylation is 2. The lowest BCUT2D eigenvalue weighted by molar-refractivity contribution is 0.957. The molecule has 4 rings (SSSR count). The lowest BCUT2D eigenvalue weighted by Gasteiger charge is -2.08. The van der Waals surface area contributed by atoms with Gasteiger partial charge < -0.3 is 0 Å². The molecule has 0 aliphatic rings. The van der Waals surface area contributed by atoms with Crippen LogP contribution in [0, 0.1) is 13.8 Å². The second-order valence-electron chi connectivity index (χ2n) is 5.16. The molecule has 0 saturated carbocycles. The van der Waals surface area contributed by atoms with Crippen LogP contribution in [0.25, 0.3) is 27.7 Å². The number of H-pyrrole nitrogens is 1. The molecule has 6 heteroatoms. The van der Waals surface area contributed by atoms with E-state index in [2.05, 4.69) is 61.3 Å². The maximum Gasteiger partial charge on any atom is 0.158 e. The van der Waals surface area contributed by atoms with Gasteiger partial charge in [-0.3, -0.25) is 5.10 Å². The van der Waals surface area contributed by atoms with Crippen molar-refractivity contribution in [3.8, 4) is 11.1 Å². The number of rotatable bonds is 1. The molecular formula is C15H12BrN5. The van der Waals surface area contributed by atoms with E-state index < -0.39 is 0 Å². The predicted molar refractivity (Wildman–Crippen MR) is 85.2 cm³/mol. The van der Waals surface area contributed by atoms with E-state index >= 15 is 0 Å². The summed E-state index contributed by atoms with van der Waals surface area (Å²) in [6.07, 6.45) is 3.58. The zero-order valence-electron chi connectivity index (χ0n) is 11.6. The van der Waals surface area contributed by atoms with Gasteiger partial charge in [-0.1, -0.05) is 0 Å². The lowest BCUT2D eigenvalue weighted by Crippen LogP contribution is -1.93. The minimum atomic E-state index is 0.889. The molecule has 21 heavy (non-hydrogen) atoms. The summed E-state index contributed by atoms with van der Waals surface area (Å²) in [5, 5.41) is 12.6. The molecule has 0 aliphatic carbocycles. The van der Waals surface area contributed by atoms with Gasteiger partial charge in [0.2, 0.25) is 0 Å². The molecule has 3 heterocycles. The van der Waals surface area contributed by atoms with E-state index in [1.165, 1.54) is 5.56 Å². The van der Waals surface area contributed by atoms with Crippen molar-refractivity contribution in [1.82, 2.24) is 24.8 Å². The third-order valence-corrected chi connectivity index (χ3v) is 4.33. The molecule has 0 amide bonds. The fraction of sp³-hybridized carbons (Fsp3) is 0.133. The van der Waals surface area contributed by atoms with Crippen molar-refractivity contribution in [2.24, 2.45) is 0 Å². The number of hydrogen-bond acceptors (Lipinski definition) is 3. The van der Waals surface area contributed by atoms with Crippen molar-refractivity contribution in [2.45, 2.75) is 13.8 Å². The summed E-state index contributed by atoms with van der Waals surface area (Å²) in [4.78, 5) is 4.26. The van der Waals surface area contributed by atoms with Crippen LogP contribution in [-0.2, 0) is 0 Å². The SMILES string of the molecule is Cc1cc2c(Br)[nH]nc2cc1-c1cc(C)c2ncnn2c1. The van der Waals surface area contributed by atoms with E-state index in [4.69, 9.17) is 0 Å². The number of aromatic amines is 1. The van der Waals surface area contributed by atoms with Crippen molar-refractivity contribution in [3.63, 3.8) is 0 Å². The van der Waals surface area contributed by atoms with Gasteiger partial charge in [0.1, 0.15) is 10.9 Å². The molecule has 1 aromatic carbocycles. The summed E-state index contributed by atoms with van der Waals surface area (Å²) in [5.74, 6) is 0. The zero-order chi connectivity index (χ0) is 14.6.